The third kappa shape index (κ3) is 2.81. The molecule has 3 rings (SSSR count). The van der Waals surface area contributed by atoms with E-state index >= 15 is 0 Å². The summed E-state index contributed by atoms with van der Waals surface area (Å²) in [6.07, 6.45) is 7.28. The Morgan fingerprint density at radius 2 is 2.16 bits per heavy atom. The first-order chi connectivity index (χ1) is 9.25. The van der Waals surface area contributed by atoms with Crippen LogP contribution in [-0.2, 0) is 0 Å². The number of nitrogens with one attached hydrogen (secondary N) is 1. The molecule has 0 aliphatic heterocycles. The van der Waals surface area contributed by atoms with Gasteiger partial charge in [-0.05, 0) is 25.7 Å². The van der Waals surface area contributed by atoms with E-state index in [0.29, 0.717) is 18.2 Å². The SMILES string of the molecule is O=C(NC[C@@H]1CCCC[C@H]1O)c1ocnc1C1CC1. The highest BCUT2D eigenvalue weighted by Gasteiger charge is 2.32. The van der Waals surface area contributed by atoms with Gasteiger partial charge in [-0.2, -0.15) is 0 Å². The predicted molar refractivity (Wildman–Crippen MR) is 68.8 cm³/mol. The molecule has 2 saturated carbocycles. The molecule has 0 saturated heterocycles. The minimum Gasteiger partial charge on any atom is -0.438 e. The van der Waals surface area contributed by atoms with Gasteiger partial charge in [0.15, 0.2) is 6.39 Å². The van der Waals surface area contributed by atoms with Crippen molar-refractivity contribution in [2.75, 3.05) is 6.54 Å². The maximum Gasteiger partial charge on any atom is 0.289 e. The van der Waals surface area contributed by atoms with Crippen molar-refractivity contribution >= 4 is 5.91 Å². The van der Waals surface area contributed by atoms with Gasteiger partial charge in [0.05, 0.1) is 11.8 Å². The molecule has 2 aliphatic carbocycles. The van der Waals surface area contributed by atoms with E-state index < -0.39 is 0 Å². The Labute approximate surface area is 112 Å². The molecule has 5 heteroatoms. The second-order valence-corrected chi connectivity index (χ2v) is 5.66. The molecule has 5 nitrogen and oxygen atoms in total. The fourth-order valence-electron chi connectivity index (χ4n) is 2.80. The van der Waals surface area contributed by atoms with Crippen molar-refractivity contribution in [3.8, 4) is 0 Å². The first kappa shape index (κ1) is 12.7. The van der Waals surface area contributed by atoms with Crippen LogP contribution in [0.15, 0.2) is 10.8 Å². The lowest BCUT2D eigenvalue weighted by Gasteiger charge is -2.27. The van der Waals surface area contributed by atoms with Crippen LogP contribution in [0, 0.1) is 5.92 Å². The average Bonchev–Trinajstić information content (AvgIpc) is 3.15. The molecule has 0 unspecified atom stereocenters. The number of hydrogen-bond acceptors (Lipinski definition) is 4. The number of amides is 1. The minimum atomic E-state index is -0.285. The number of carbonyl (C=O) groups excluding carboxylic acids is 1. The van der Waals surface area contributed by atoms with Crippen LogP contribution in [0.5, 0.6) is 0 Å². The Kier molecular flexibility index (Phi) is 3.55. The van der Waals surface area contributed by atoms with E-state index in [-0.39, 0.29) is 17.9 Å². The number of hydrogen-bond donors (Lipinski definition) is 2. The van der Waals surface area contributed by atoms with Gasteiger partial charge in [0.25, 0.3) is 5.91 Å². The Morgan fingerprint density at radius 3 is 2.89 bits per heavy atom. The van der Waals surface area contributed by atoms with Crippen molar-refractivity contribution in [1.29, 1.82) is 0 Å². The molecular formula is C14H20N2O3. The first-order valence-corrected chi connectivity index (χ1v) is 7.15. The van der Waals surface area contributed by atoms with Crippen LogP contribution in [0.4, 0.5) is 0 Å². The van der Waals surface area contributed by atoms with Crippen LogP contribution in [0.1, 0.15) is 60.7 Å². The average molecular weight is 264 g/mol. The van der Waals surface area contributed by atoms with E-state index in [0.717, 1.165) is 44.2 Å². The molecule has 1 amide bonds. The van der Waals surface area contributed by atoms with Crippen molar-refractivity contribution in [3.05, 3.63) is 17.8 Å². The van der Waals surface area contributed by atoms with Gasteiger partial charge in [0.1, 0.15) is 0 Å². The third-order valence-electron chi connectivity index (χ3n) is 4.16. The van der Waals surface area contributed by atoms with Gasteiger partial charge in [-0.25, -0.2) is 4.98 Å². The maximum absolute atomic E-state index is 12.1. The summed E-state index contributed by atoms with van der Waals surface area (Å²) in [6, 6.07) is 0. The van der Waals surface area contributed by atoms with Gasteiger partial charge in [-0.1, -0.05) is 12.8 Å². The Hall–Kier alpha value is -1.36. The second kappa shape index (κ2) is 5.33. The zero-order valence-corrected chi connectivity index (χ0v) is 11.0. The lowest BCUT2D eigenvalue weighted by Crippen LogP contribution is -2.36. The zero-order chi connectivity index (χ0) is 13.2. The van der Waals surface area contributed by atoms with Crippen molar-refractivity contribution in [2.45, 2.75) is 50.5 Å². The van der Waals surface area contributed by atoms with Crippen molar-refractivity contribution in [2.24, 2.45) is 5.92 Å². The molecule has 1 heterocycles. The molecule has 1 aromatic rings. The molecule has 0 aromatic carbocycles. The number of aromatic nitrogens is 1. The zero-order valence-electron chi connectivity index (χ0n) is 11.0. The van der Waals surface area contributed by atoms with Gasteiger partial charge in [0, 0.05) is 18.4 Å². The molecule has 104 valence electrons. The molecular weight excluding hydrogens is 244 g/mol. The third-order valence-corrected chi connectivity index (χ3v) is 4.16. The number of oxazole rings is 1. The summed E-state index contributed by atoms with van der Waals surface area (Å²) in [5.41, 5.74) is 0.793. The van der Waals surface area contributed by atoms with E-state index in [1.165, 1.54) is 6.39 Å². The summed E-state index contributed by atoms with van der Waals surface area (Å²) < 4.78 is 5.21. The highest BCUT2D eigenvalue weighted by atomic mass is 16.3. The van der Waals surface area contributed by atoms with E-state index in [1.54, 1.807) is 0 Å². The highest BCUT2D eigenvalue weighted by Crippen LogP contribution is 2.40. The number of aliphatic hydroxyl groups excluding tert-OH is 1. The van der Waals surface area contributed by atoms with Gasteiger partial charge in [0.2, 0.25) is 5.76 Å². The fraction of sp³-hybridized carbons (Fsp3) is 0.714. The monoisotopic (exact) mass is 264 g/mol. The highest BCUT2D eigenvalue weighted by molar-refractivity contribution is 5.92. The summed E-state index contributed by atoms with van der Waals surface area (Å²) in [4.78, 5) is 16.2. The summed E-state index contributed by atoms with van der Waals surface area (Å²) in [6.45, 7) is 0.519. The minimum absolute atomic E-state index is 0.171. The number of rotatable bonds is 4. The van der Waals surface area contributed by atoms with E-state index in [1.807, 2.05) is 0 Å². The van der Waals surface area contributed by atoms with Crippen LogP contribution in [0.3, 0.4) is 0 Å². The molecule has 1 aromatic heterocycles. The molecule has 2 atom stereocenters. The Balaban J connectivity index is 1.57. The summed E-state index contributed by atoms with van der Waals surface area (Å²) in [5, 5.41) is 12.8. The summed E-state index contributed by atoms with van der Waals surface area (Å²) in [5.74, 6) is 0.731. The molecule has 0 bridgehead atoms. The second-order valence-electron chi connectivity index (χ2n) is 5.66. The smallest absolute Gasteiger partial charge is 0.289 e. The van der Waals surface area contributed by atoms with Crippen molar-refractivity contribution in [1.82, 2.24) is 10.3 Å². The number of aliphatic hydroxyl groups is 1. The predicted octanol–water partition coefficient (Wildman–Crippen LogP) is 1.83. The molecule has 2 N–H and O–H groups in total. The summed E-state index contributed by atoms with van der Waals surface area (Å²) >= 11 is 0. The quantitative estimate of drug-likeness (QED) is 0.870. The standard InChI is InChI=1S/C14H20N2O3/c17-11-4-2-1-3-10(11)7-15-14(18)13-12(9-5-6-9)16-8-19-13/h8-11,17H,1-7H2,(H,15,18)/t10-,11+/m0/s1. The molecule has 2 aliphatic rings. The lowest BCUT2D eigenvalue weighted by atomic mass is 9.86. The van der Waals surface area contributed by atoms with E-state index in [9.17, 15) is 9.90 Å². The van der Waals surface area contributed by atoms with E-state index in [2.05, 4.69) is 10.3 Å². The topological polar surface area (TPSA) is 75.4 Å². The van der Waals surface area contributed by atoms with Crippen LogP contribution in [0.25, 0.3) is 0 Å². The lowest BCUT2D eigenvalue weighted by molar-refractivity contribution is 0.0655. The molecule has 0 spiro atoms. The van der Waals surface area contributed by atoms with Crippen molar-refractivity contribution in [3.63, 3.8) is 0 Å². The molecule has 0 radical (unpaired) electrons. The van der Waals surface area contributed by atoms with Gasteiger partial charge < -0.3 is 14.8 Å². The first-order valence-electron chi connectivity index (χ1n) is 7.15. The van der Waals surface area contributed by atoms with Gasteiger partial charge >= 0.3 is 0 Å². The van der Waals surface area contributed by atoms with E-state index in [4.69, 9.17) is 4.42 Å². The van der Waals surface area contributed by atoms with Crippen LogP contribution in [0.2, 0.25) is 0 Å². The fourth-order valence-corrected chi connectivity index (χ4v) is 2.80. The van der Waals surface area contributed by atoms with Crippen LogP contribution in [-0.4, -0.2) is 28.6 Å². The van der Waals surface area contributed by atoms with Crippen molar-refractivity contribution < 1.29 is 14.3 Å². The normalized spacial score (nSPS) is 27.2. The van der Waals surface area contributed by atoms with Gasteiger partial charge in [-0.15, -0.1) is 0 Å². The number of nitrogens with zero attached hydrogens (tertiary/aromatic N) is 1. The van der Waals surface area contributed by atoms with Crippen LogP contribution < -0.4 is 5.32 Å². The molecule has 19 heavy (non-hydrogen) atoms. The molecule has 2 fully saturated rings. The Morgan fingerprint density at radius 1 is 1.37 bits per heavy atom. The largest absolute Gasteiger partial charge is 0.438 e. The maximum atomic E-state index is 12.1. The summed E-state index contributed by atoms with van der Waals surface area (Å²) in [7, 11) is 0. The number of carbonyl (C=O) groups is 1. The van der Waals surface area contributed by atoms with Gasteiger partial charge in [-0.3, -0.25) is 4.79 Å². The Bertz CT molecular complexity index is 453. The van der Waals surface area contributed by atoms with Crippen LogP contribution >= 0.6 is 0 Å².